The molecule has 9 heteroatoms. The summed E-state index contributed by atoms with van der Waals surface area (Å²) in [7, 11) is 0. The lowest BCUT2D eigenvalue weighted by Crippen LogP contribution is -2.41. The zero-order valence-corrected chi connectivity index (χ0v) is 16.2. The van der Waals surface area contributed by atoms with Gasteiger partial charge in [-0.05, 0) is 44.5 Å². The quantitative estimate of drug-likeness (QED) is 0.704. The first kappa shape index (κ1) is 22.0. The highest BCUT2D eigenvalue weighted by Crippen LogP contribution is 2.36. The number of rotatable bonds is 8. The van der Waals surface area contributed by atoms with Crippen LogP contribution in [0.3, 0.4) is 0 Å². The number of benzene rings is 1. The zero-order chi connectivity index (χ0) is 20.7. The monoisotopic (exact) mass is 400 g/mol. The third kappa shape index (κ3) is 6.12. The highest BCUT2D eigenvalue weighted by Gasteiger charge is 2.32. The Labute approximate surface area is 163 Å². The van der Waals surface area contributed by atoms with E-state index in [1.54, 1.807) is 11.8 Å². The maximum Gasteiger partial charge on any atom is 0.416 e. The normalized spacial score (nSPS) is 14.4. The van der Waals surface area contributed by atoms with Crippen LogP contribution in [0.15, 0.2) is 18.2 Å². The fraction of sp³-hybridized carbons (Fsp3) is 0.579. The van der Waals surface area contributed by atoms with Crippen LogP contribution in [-0.4, -0.2) is 56.0 Å². The maximum absolute atomic E-state index is 13.1. The number of nitrogens with one attached hydrogen (secondary N) is 2. The van der Waals surface area contributed by atoms with E-state index in [0.717, 1.165) is 38.1 Å². The van der Waals surface area contributed by atoms with Gasteiger partial charge in [-0.1, -0.05) is 6.92 Å². The molecule has 0 unspecified atom stereocenters. The second-order valence-electron chi connectivity index (χ2n) is 6.73. The van der Waals surface area contributed by atoms with Gasteiger partial charge < -0.3 is 15.5 Å². The Balaban J connectivity index is 2.15. The number of amides is 2. The van der Waals surface area contributed by atoms with Crippen molar-refractivity contribution >= 4 is 23.2 Å². The Morgan fingerprint density at radius 3 is 2.32 bits per heavy atom. The molecule has 0 aromatic heterocycles. The van der Waals surface area contributed by atoms with Gasteiger partial charge in [0, 0.05) is 19.6 Å². The minimum atomic E-state index is -4.49. The van der Waals surface area contributed by atoms with Crippen molar-refractivity contribution in [2.24, 2.45) is 0 Å². The Bertz CT molecular complexity index is 688. The molecular weight excluding hydrogens is 373 g/mol. The van der Waals surface area contributed by atoms with Gasteiger partial charge in [0.05, 0.1) is 30.0 Å². The summed E-state index contributed by atoms with van der Waals surface area (Å²) in [6.07, 6.45) is -2.56. The van der Waals surface area contributed by atoms with Gasteiger partial charge in [-0.15, -0.1) is 0 Å². The fourth-order valence-electron chi connectivity index (χ4n) is 3.17. The van der Waals surface area contributed by atoms with E-state index in [1.165, 1.54) is 6.07 Å². The molecule has 0 spiro atoms. The second kappa shape index (κ2) is 9.77. The van der Waals surface area contributed by atoms with Crippen molar-refractivity contribution in [3.05, 3.63) is 23.8 Å². The fourth-order valence-corrected chi connectivity index (χ4v) is 3.17. The molecule has 0 saturated carbocycles. The number of carbonyl (C=O) groups is 2. The molecule has 2 rings (SSSR count). The number of alkyl halides is 3. The molecule has 1 aliphatic rings. The predicted molar refractivity (Wildman–Crippen MR) is 102 cm³/mol. The molecule has 1 aromatic rings. The van der Waals surface area contributed by atoms with Gasteiger partial charge in [0.15, 0.2) is 0 Å². The Hall–Kier alpha value is -2.29. The lowest BCUT2D eigenvalue weighted by molar-refractivity contribution is -0.137. The molecule has 1 saturated heterocycles. The average Bonchev–Trinajstić information content (AvgIpc) is 3.14. The Morgan fingerprint density at radius 2 is 1.75 bits per heavy atom. The van der Waals surface area contributed by atoms with E-state index in [1.807, 2.05) is 11.8 Å². The summed E-state index contributed by atoms with van der Waals surface area (Å²) in [5.74, 6) is -0.653. The molecule has 1 fully saturated rings. The lowest BCUT2D eigenvalue weighted by Gasteiger charge is -2.24. The van der Waals surface area contributed by atoms with Crippen LogP contribution in [0, 0.1) is 0 Å². The van der Waals surface area contributed by atoms with Crippen molar-refractivity contribution in [2.75, 3.05) is 49.5 Å². The molecule has 0 bridgehead atoms. The van der Waals surface area contributed by atoms with Crippen LogP contribution < -0.4 is 15.5 Å². The summed E-state index contributed by atoms with van der Waals surface area (Å²) in [4.78, 5) is 27.8. The third-order valence-corrected chi connectivity index (χ3v) is 4.60. The lowest BCUT2D eigenvalue weighted by atomic mass is 10.1. The van der Waals surface area contributed by atoms with Crippen LogP contribution in [0.4, 0.5) is 24.5 Å². The topological polar surface area (TPSA) is 64.7 Å². The zero-order valence-electron chi connectivity index (χ0n) is 16.2. The van der Waals surface area contributed by atoms with Crippen LogP contribution in [0.2, 0.25) is 0 Å². The molecule has 6 nitrogen and oxygen atoms in total. The number of carbonyl (C=O) groups excluding carboxylic acids is 2. The van der Waals surface area contributed by atoms with Gasteiger partial charge in [-0.2, -0.15) is 13.2 Å². The van der Waals surface area contributed by atoms with Gasteiger partial charge in [0.1, 0.15) is 0 Å². The third-order valence-electron chi connectivity index (χ3n) is 4.60. The smallest absolute Gasteiger partial charge is 0.370 e. The van der Waals surface area contributed by atoms with Crippen LogP contribution in [-0.2, 0) is 15.8 Å². The summed E-state index contributed by atoms with van der Waals surface area (Å²) < 4.78 is 39.3. The van der Waals surface area contributed by atoms with E-state index in [9.17, 15) is 22.8 Å². The Morgan fingerprint density at radius 1 is 1.11 bits per heavy atom. The van der Waals surface area contributed by atoms with Crippen molar-refractivity contribution in [1.29, 1.82) is 0 Å². The largest absolute Gasteiger partial charge is 0.416 e. The number of nitrogens with zero attached hydrogens (tertiary/aromatic N) is 2. The van der Waals surface area contributed by atoms with Crippen LogP contribution in [0.25, 0.3) is 0 Å². The molecule has 0 atom stereocenters. The van der Waals surface area contributed by atoms with E-state index >= 15 is 0 Å². The summed E-state index contributed by atoms with van der Waals surface area (Å²) in [5.41, 5.74) is -0.0677. The minimum absolute atomic E-state index is 0.0549. The van der Waals surface area contributed by atoms with Crippen molar-refractivity contribution in [3.63, 3.8) is 0 Å². The molecule has 1 heterocycles. The predicted octanol–water partition coefficient (Wildman–Crippen LogP) is 2.70. The van der Waals surface area contributed by atoms with E-state index in [-0.39, 0.29) is 24.7 Å². The summed E-state index contributed by atoms with van der Waals surface area (Å²) in [6.45, 7) is 6.03. The average molecular weight is 400 g/mol. The number of hydrogen-bond donors (Lipinski definition) is 2. The number of likely N-dealkylation sites (N-methyl/N-ethyl adjacent to an activating group) is 2. The maximum atomic E-state index is 13.1. The molecule has 2 amide bonds. The van der Waals surface area contributed by atoms with Gasteiger partial charge in [0.25, 0.3) is 0 Å². The summed E-state index contributed by atoms with van der Waals surface area (Å²) in [6, 6.07) is 3.43. The van der Waals surface area contributed by atoms with E-state index in [4.69, 9.17) is 0 Å². The van der Waals surface area contributed by atoms with Crippen molar-refractivity contribution in [3.8, 4) is 0 Å². The molecule has 1 aliphatic heterocycles. The number of hydrogen-bond acceptors (Lipinski definition) is 4. The first-order chi connectivity index (χ1) is 13.2. The van der Waals surface area contributed by atoms with Gasteiger partial charge in [-0.3, -0.25) is 14.5 Å². The van der Waals surface area contributed by atoms with Gasteiger partial charge in [0.2, 0.25) is 11.8 Å². The molecule has 0 aliphatic carbocycles. The summed E-state index contributed by atoms with van der Waals surface area (Å²) >= 11 is 0. The molecule has 28 heavy (non-hydrogen) atoms. The van der Waals surface area contributed by atoms with Crippen molar-refractivity contribution < 1.29 is 22.8 Å². The molecular formula is C19H27F3N4O2. The van der Waals surface area contributed by atoms with Crippen LogP contribution >= 0.6 is 0 Å². The molecule has 2 N–H and O–H groups in total. The highest BCUT2D eigenvalue weighted by atomic mass is 19.4. The highest BCUT2D eigenvalue weighted by molar-refractivity contribution is 5.96. The number of anilines is 2. The van der Waals surface area contributed by atoms with Crippen molar-refractivity contribution in [1.82, 2.24) is 10.2 Å². The number of halogens is 3. The van der Waals surface area contributed by atoms with Gasteiger partial charge in [-0.25, -0.2) is 0 Å². The molecule has 0 radical (unpaired) electrons. The second-order valence-corrected chi connectivity index (χ2v) is 6.73. The van der Waals surface area contributed by atoms with Crippen LogP contribution in [0.1, 0.15) is 32.3 Å². The van der Waals surface area contributed by atoms with Crippen LogP contribution in [0.5, 0.6) is 0 Å². The minimum Gasteiger partial charge on any atom is -0.370 e. The first-order valence-corrected chi connectivity index (χ1v) is 9.49. The standard InChI is InChI=1S/C19H27F3N4O2/c1-3-23-17(27)12-25(4-2)13-18(28)24-15-11-14(19(20,21)22)7-8-16(15)26-9-5-6-10-26/h7-8,11H,3-6,9-10,12-13H2,1-2H3,(H,23,27)(H,24,28). The molecule has 156 valence electrons. The Kier molecular flexibility index (Phi) is 7.68. The van der Waals surface area contributed by atoms with E-state index in [2.05, 4.69) is 10.6 Å². The van der Waals surface area contributed by atoms with E-state index < -0.39 is 17.6 Å². The molecule has 1 aromatic carbocycles. The van der Waals surface area contributed by atoms with Gasteiger partial charge >= 0.3 is 6.18 Å². The first-order valence-electron chi connectivity index (χ1n) is 9.49. The summed E-state index contributed by atoms with van der Waals surface area (Å²) in [5, 5.41) is 5.28. The SMILES string of the molecule is CCNC(=O)CN(CC)CC(=O)Nc1cc(C(F)(F)F)ccc1N1CCCC1. The van der Waals surface area contributed by atoms with E-state index in [0.29, 0.717) is 18.8 Å². The van der Waals surface area contributed by atoms with Crippen molar-refractivity contribution in [2.45, 2.75) is 32.9 Å².